The van der Waals surface area contributed by atoms with Gasteiger partial charge in [-0.15, -0.1) is 0 Å². The fraction of sp³-hybridized carbons (Fsp3) is 0.778. The van der Waals surface area contributed by atoms with Crippen molar-refractivity contribution in [3.8, 4) is 0 Å². The van der Waals surface area contributed by atoms with E-state index in [0.29, 0.717) is 0 Å². The van der Waals surface area contributed by atoms with E-state index < -0.39 is 54.2 Å². The van der Waals surface area contributed by atoms with Gasteiger partial charge in [0.25, 0.3) is 5.56 Å². The molecular weight excluding hydrogens is 419 g/mol. The third-order valence-corrected chi connectivity index (χ3v) is 8.15. The van der Waals surface area contributed by atoms with Gasteiger partial charge in [0.15, 0.2) is 5.34 Å². The molecule has 0 amide bonds. The molecule has 12 heteroatoms. The predicted octanol–water partition coefficient (Wildman–Crippen LogP) is -0.265. The van der Waals surface area contributed by atoms with Crippen LogP contribution in [0, 0.1) is 0 Å². The zero-order valence-electron chi connectivity index (χ0n) is 18.0. The number of nitrogens with zero attached hydrogens (tertiary/aromatic N) is 2. The predicted molar refractivity (Wildman–Crippen MR) is 107 cm³/mol. The summed E-state index contributed by atoms with van der Waals surface area (Å²) in [7, 11) is -1.89. The molecule has 1 saturated heterocycles. The molecule has 2 heterocycles. The topological polar surface area (TPSA) is 160 Å². The van der Waals surface area contributed by atoms with E-state index in [2.05, 4.69) is 0 Å². The lowest BCUT2D eigenvalue weighted by atomic mass is 9.94. The van der Waals surface area contributed by atoms with E-state index in [1.165, 1.54) is 34.1 Å². The highest BCUT2D eigenvalue weighted by Gasteiger charge is 2.56. The van der Waals surface area contributed by atoms with Crippen LogP contribution >= 0.6 is 7.60 Å². The van der Waals surface area contributed by atoms with Crippen molar-refractivity contribution < 1.29 is 34.0 Å². The van der Waals surface area contributed by atoms with Crippen molar-refractivity contribution in [2.75, 3.05) is 0 Å². The summed E-state index contributed by atoms with van der Waals surface area (Å²) in [5, 5.41) is 29.6. The minimum Gasteiger partial charge on any atom is -0.387 e. The summed E-state index contributed by atoms with van der Waals surface area (Å²) < 4.78 is 25.9. The lowest BCUT2D eigenvalue weighted by molar-refractivity contribution is -0.107. The van der Waals surface area contributed by atoms with Gasteiger partial charge in [-0.25, -0.2) is 4.79 Å². The lowest BCUT2D eigenvalue weighted by Gasteiger charge is -2.39. The van der Waals surface area contributed by atoms with Gasteiger partial charge in [-0.1, -0.05) is 13.8 Å². The summed E-state index contributed by atoms with van der Waals surface area (Å²) in [6, 6.07) is 0. The first-order chi connectivity index (χ1) is 13.6. The molecule has 1 aromatic rings. The molecule has 0 spiro atoms. The Labute approximate surface area is 174 Å². The van der Waals surface area contributed by atoms with Crippen LogP contribution in [0.5, 0.6) is 0 Å². The van der Waals surface area contributed by atoms with Crippen LogP contribution in [-0.4, -0.2) is 58.6 Å². The standard InChI is InChI=1S/C18H31N2O9P/c1-7-18(25,8-2)30(26,27)29-17(3,4)14-12(22)11(21)13(28-14)10-9-19(5)16(24)20(6)15(10)23/h9,11-14,21-22,25H,7-8H2,1-6H3,(H,26,27). The summed E-state index contributed by atoms with van der Waals surface area (Å²) in [5.41, 5.74) is -2.95. The quantitative estimate of drug-likeness (QED) is 0.410. The largest absolute Gasteiger partial charge is 0.387 e. The molecule has 2 rings (SSSR count). The maximum Gasteiger partial charge on any atom is 0.359 e. The Kier molecular flexibility index (Phi) is 6.91. The number of aromatic nitrogens is 2. The van der Waals surface area contributed by atoms with E-state index in [0.717, 1.165) is 9.13 Å². The Hall–Kier alpha value is -1.33. The minimum absolute atomic E-state index is 0.0409. The van der Waals surface area contributed by atoms with Gasteiger partial charge in [0.05, 0.1) is 5.56 Å². The number of rotatable bonds is 7. The van der Waals surface area contributed by atoms with Crippen LogP contribution in [-0.2, 0) is 27.9 Å². The van der Waals surface area contributed by atoms with Crippen molar-refractivity contribution in [2.45, 2.75) is 75.9 Å². The number of aliphatic hydroxyl groups excluding tert-OH is 2. The van der Waals surface area contributed by atoms with E-state index in [9.17, 15) is 34.4 Å². The highest BCUT2D eigenvalue weighted by Crippen LogP contribution is 2.60. The average Bonchev–Trinajstić information content (AvgIpc) is 2.97. The number of hydrogen-bond donors (Lipinski definition) is 4. The third-order valence-electron chi connectivity index (χ3n) is 5.75. The van der Waals surface area contributed by atoms with Gasteiger partial charge < -0.3 is 29.5 Å². The van der Waals surface area contributed by atoms with Crippen LogP contribution < -0.4 is 11.2 Å². The molecule has 0 radical (unpaired) electrons. The molecule has 1 fully saturated rings. The van der Waals surface area contributed by atoms with Crippen molar-refractivity contribution in [3.63, 3.8) is 0 Å². The fourth-order valence-electron chi connectivity index (χ4n) is 3.65. The van der Waals surface area contributed by atoms with Gasteiger partial charge in [0, 0.05) is 20.3 Å². The van der Waals surface area contributed by atoms with Gasteiger partial charge >= 0.3 is 13.3 Å². The van der Waals surface area contributed by atoms with Crippen LogP contribution in [0.15, 0.2) is 15.8 Å². The Morgan fingerprint density at radius 3 is 2.20 bits per heavy atom. The zero-order valence-corrected chi connectivity index (χ0v) is 18.9. The average molecular weight is 450 g/mol. The van der Waals surface area contributed by atoms with Crippen molar-refractivity contribution in [2.24, 2.45) is 14.1 Å². The van der Waals surface area contributed by atoms with Crippen LogP contribution in [0.2, 0.25) is 0 Å². The van der Waals surface area contributed by atoms with Crippen LogP contribution in [0.4, 0.5) is 0 Å². The highest BCUT2D eigenvalue weighted by molar-refractivity contribution is 7.54. The Morgan fingerprint density at radius 2 is 1.70 bits per heavy atom. The molecular formula is C18H31N2O9P. The Bertz CT molecular complexity index is 950. The van der Waals surface area contributed by atoms with Crippen LogP contribution in [0.1, 0.15) is 52.2 Å². The summed E-state index contributed by atoms with van der Waals surface area (Å²) in [6.45, 7) is 5.84. The molecule has 30 heavy (non-hydrogen) atoms. The van der Waals surface area contributed by atoms with E-state index in [1.54, 1.807) is 13.8 Å². The Balaban J connectivity index is 2.40. The number of aliphatic hydroxyl groups is 3. The van der Waals surface area contributed by atoms with Gasteiger partial charge in [0.1, 0.15) is 30.0 Å². The second-order valence-corrected chi connectivity index (χ2v) is 10.3. The molecule has 172 valence electrons. The van der Waals surface area contributed by atoms with Crippen LogP contribution in [0.3, 0.4) is 0 Å². The molecule has 11 nitrogen and oxygen atoms in total. The fourth-order valence-corrected chi connectivity index (χ4v) is 5.36. The summed E-state index contributed by atoms with van der Waals surface area (Å²) in [5.74, 6) is 0. The number of hydrogen-bond acceptors (Lipinski definition) is 8. The molecule has 4 N–H and O–H groups in total. The van der Waals surface area contributed by atoms with Crippen molar-refractivity contribution in [1.29, 1.82) is 0 Å². The summed E-state index contributed by atoms with van der Waals surface area (Å²) >= 11 is 0. The van der Waals surface area contributed by atoms with E-state index in [-0.39, 0.29) is 18.4 Å². The lowest BCUT2D eigenvalue weighted by Crippen LogP contribution is -2.47. The second kappa shape index (κ2) is 8.31. The van der Waals surface area contributed by atoms with Crippen molar-refractivity contribution >= 4 is 7.60 Å². The molecule has 0 aliphatic carbocycles. The Morgan fingerprint density at radius 1 is 1.17 bits per heavy atom. The van der Waals surface area contributed by atoms with Gasteiger partial charge in [-0.3, -0.25) is 18.5 Å². The first-order valence-electron chi connectivity index (χ1n) is 9.67. The summed E-state index contributed by atoms with van der Waals surface area (Å²) in [6.07, 6.45) is -4.60. The summed E-state index contributed by atoms with van der Waals surface area (Å²) in [4.78, 5) is 34.8. The molecule has 1 aliphatic rings. The zero-order chi connectivity index (χ0) is 23.2. The highest BCUT2D eigenvalue weighted by atomic mass is 31.2. The molecule has 0 saturated carbocycles. The smallest absolute Gasteiger partial charge is 0.359 e. The maximum absolute atomic E-state index is 12.8. The van der Waals surface area contributed by atoms with Crippen molar-refractivity contribution in [3.05, 3.63) is 32.6 Å². The van der Waals surface area contributed by atoms with Crippen molar-refractivity contribution in [1.82, 2.24) is 9.13 Å². The molecule has 5 unspecified atom stereocenters. The molecule has 5 atom stereocenters. The monoisotopic (exact) mass is 450 g/mol. The molecule has 1 aliphatic heterocycles. The third kappa shape index (κ3) is 4.08. The maximum atomic E-state index is 12.8. The van der Waals surface area contributed by atoms with Gasteiger partial charge in [-0.2, -0.15) is 0 Å². The second-order valence-electron chi connectivity index (χ2n) is 8.21. The normalized spacial score (nSPS) is 27.3. The van der Waals surface area contributed by atoms with Crippen LogP contribution in [0.25, 0.3) is 0 Å². The molecule has 0 bridgehead atoms. The minimum atomic E-state index is -4.59. The number of aryl methyl sites for hydroxylation is 1. The number of ether oxygens (including phenoxy) is 1. The first kappa shape index (κ1) is 24.9. The van der Waals surface area contributed by atoms with E-state index in [4.69, 9.17) is 9.26 Å². The SMILES string of the molecule is CCC(O)(CC)P(=O)(O)OC(C)(C)C1OC(c2cn(C)c(=O)n(C)c2=O)C(O)C1O. The molecule has 0 aromatic carbocycles. The van der Waals surface area contributed by atoms with Gasteiger partial charge in [-0.05, 0) is 26.7 Å². The molecule has 1 aromatic heterocycles. The first-order valence-corrected chi connectivity index (χ1v) is 11.3. The van der Waals surface area contributed by atoms with E-state index in [1.807, 2.05) is 0 Å². The van der Waals surface area contributed by atoms with E-state index >= 15 is 0 Å². The van der Waals surface area contributed by atoms with Gasteiger partial charge in [0.2, 0.25) is 0 Å².